The van der Waals surface area contributed by atoms with Crippen molar-refractivity contribution in [3.63, 3.8) is 0 Å². The van der Waals surface area contributed by atoms with E-state index in [1.165, 1.54) is 22.5 Å². The summed E-state index contributed by atoms with van der Waals surface area (Å²) in [5.41, 5.74) is 0.482. The molecule has 2 aliphatic rings. The lowest BCUT2D eigenvalue weighted by Crippen LogP contribution is -2.48. The van der Waals surface area contributed by atoms with E-state index < -0.39 is 15.8 Å². The monoisotopic (exact) mass is 348 g/mol. The van der Waals surface area contributed by atoms with Gasteiger partial charge in [-0.25, -0.2) is 12.8 Å². The second-order valence-corrected chi connectivity index (χ2v) is 8.15. The number of fused-ring (bicyclic) bond motifs is 1. The van der Waals surface area contributed by atoms with Crippen LogP contribution in [0, 0.1) is 5.82 Å². The molecule has 2 heterocycles. The summed E-state index contributed by atoms with van der Waals surface area (Å²) in [6.45, 7) is 2.23. The molecule has 1 aromatic carbocycles. The zero-order valence-corrected chi connectivity index (χ0v) is 13.8. The first-order valence-corrected chi connectivity index (χ1v) is 9.09. The van der Waals surface area contributed by atoms with Gasteiger partial charge in [-0.05, 0) is 24.7 Å². The SMILES string of the molecule is CN1CCOC2CN(S(=O)(=O)Cc3ccc(F)c(Cl)c3)CC21. The fourth-order valence-electron chi connectivity index (χ4n) is 2.98. The molecule has 22 heavy (non-hydrogen) atoms. The van der Waals surface area contributed by atoms with Crippen LogP contribution in [0.15, 0.2) is 18.2 Å². The van der Waals surface area contributed by atoms with Crippen LogP contribution in [-0.4, -0.2) is 63.1 Å². The number of likely N-dealkylation sites (N-methyl/N-ethyl adjacent to an activating group) is 1. The summed E-state index contributed by atoms with van der Waals surface area (Å²) in [7, 11) is -1.50. The smallest absolute Gasteiger partial charge is 0.218 e. The quantitative estimate of drug-likeness (QED) is 0.826. The van der Waals surface area contributed by atoms with E-state index in [9.17, 15) is 12.8 Å². The van der Waals surface area contributed by atoms with E-state index in [4.69, 9.17) is 16.3 Å². The van der Waals surface area contributed by atoms with Gasteiger partial charge < -0.3 is 4.74 Å². The summed E-state index contributed by atoms with van der Waals surface area (Å²) >= 11 is 5.71. The first kappa shape index (κ1) is 16.1. The Bertz CT molecular complexity index is 670. The summed E-state index contributed by atoms with van der Waals surface area (Å²) in [6, 6.07) is 4.10. The van der Waals surface area contributed by atoms with E-state index in [0.717, 1.165) is 6.54 Å². The van der Waals surface area contributed by atoms with Crippen LogP contribution in [0.25, 0.3) is 0 Å². The molecule has 2 atom stereocenters. The summed E-state index contributed by atoms with van der Waals surface area (Å²) in [4.78, 5) is 2.14. The van der Waals surface area contributed by atoms with Crippen molar-refractivity contribution >= 4 is 21.6 Å². The molecule has 0 spiro atoms. The van der Waals surface area contributed by atoms with Gasteiger partial charge in [0, 0.05) is 19.6 Å². The third-order valence-corrected chi connectivity index (χ3v) is 6.34. The highest BCUT2D eigenvalue weighted by Gasteiger charge is 2.42. The molecule has 2 unspecified atom stereocenters. The van der Waals surface area contributed by atoms with Gasteiger partial charge in [0.25, 0.3) is 0 Å². The van der Waals surface area contributed by atoms with Gasteiger partial charge in [0.1, 0.15) is 5.82 Å². The van der Waals surface area contributed by atoms with E-state index in [1.54, 1.807) is 0 Å². The van der Waals surface area contributed by atoms with Crippen molar-refractivity contribution in [1.82, 2.24) is 9.21 Å². The minimum atomic E-state index is -3.48. The Morgan fingerprint density at radius 1 is 1.41 bits per heavy atom. The molecule has 8 heteroatoms. The van der Waals surface area contributed by atoms with Crippen LogP contribution < -0.4 is 0 Å². The summed E-state index contributed by atoms with van der Waals surface area (Å²) < 4.78 is 45.4. The van der Waals surface area contributed by atoms with Gasteiger partial charge in [-0.15, -0.1) is 0 Å². The summed E-state index contributed by atoms with van der Waals surface area (Å²) in [5, 5.41) is -0.0640. The third-order valence-electron chi connectivity index (χ3n) is 4.27. The van der Waals surface area contributed by atoms with Gasteiger partial charge in [-0.3, -0.25) is 4.90 Å². The lowest BCUT2D eigenvalue weighted by molar-refractivity contribution is -0.0366. The Kier molecular flexibility index (Phi) is 4.44. The minimum Gasteiger partial charge on any atom is -0.374 e. The maximum atomic E-state index is 13.2. The molecule has 2 fully saturated rings. The van der Waals surface area contributed by atoms with E-state index in [2.05, 4.69) is 4.90 Å². The van der Waals surface area contributed by atoms with Crippen LogP contribution in [0.5, 0.6) is 0 Å². The Hall–Kier alpha value is -0.730. The Morgan fingerprint density at radius 3 is 2.86 bits per heavy atom. The number of hydrogen-bond donors (Lipinski definition) is 0. The first-order chi connectivity index (χ1) is 10.4. The topological polar surface area (TPSA) is 49.9 Å². The fraction of sp³-hybridized carbons (Fsp3) is 0.571. The van der Waals surface area contributed by atoms with Gasteiger partial charge >= 0.3 is 0 Å². The maximum Gasteiger partial charge on any atom is 0.218 e. The molecule has 2 saturated heterocycles. The van der Waals surface area contributed by atoms with Crippen LogP contribution >= 0.6 is 11.6 Å². The molecule has 3 rings (SSSR count). The van der Waals surface area contributed by atoms with Crippen molar-refractivity contribution in [3.05, 3.63) is 34.6 Å². The lowest BCUT2D eigenvalue weighted by Gasteiger charge is -2.33. The highest BCUT2D eigenvalue weighted by molar-refractivity contribution is 7.88. The van der Waals surface area contributed by atoms with Crippen LogP contribution in [-0.2, 0) is 20.5 Å². The van der Waals surface area contributed by atoms with Crippen LogP contribution in [0.3, 0.4) is 0 Å². The second-order valence-electron chi connectivity index (χ2n) is 5.78. The van der Waals surface area contributed by atoms with Crippen molar-refractivity contribution < 1.29 is 17.5 Å². The van der Waals surface area contributed by atoms with Crippen molar-refractivity contribution in [1.29, 1.82) is 0 Å². The summed E-state index contributed by atoms with van der Waals surface area (Å²) in [6.07, 6.45) is -0.0784. The molecule has 0 bridgehead atoms. The lowest BCUT2D eigenvalue weighted by atomic mass is 10.1. The average Bonchev–Trinajstić information content (AvgIpc) is 2.89. The molecule has 0 amide bonds. The van der Waals surface area contributed by atoms with Gasteiger partial charge in [0.15, 0.2) is 0 Å². The molecular weight excluding hydrogens is 331 g/mol. The van der Waals surface area contributed by atoms with E-state index in [-0.39, 0.29) is 22.9 Å². The standard InChI is InChI=1S/C14H18ClFN2O3S/c1-17-4-5-21-14-8-18(7-13(14)17)22(19,20)9-10-2-3-12(16)11(15)6-10/h2-3,6,13-14H,4-5,7-9H2,1H3. The van der Waals surface area contributed by atoms with E-state index >= 15 is 0 Å². The molecule has 0 N–H and O–H groups in total. The molecular formula is C14H18ClFN2O3S. The third kappa shape index (κ3) is 3.14. The second kappa shape index (κ2) is 6.05. The van der Waals surface area contributed by atoms with Crippen molar-refractivity contribution in [2.45, 2.75) is 17.9 Å². The van der Waals surface area contributed by atoms with Crippen LogP contribution in [0.4, 0.5) is 4.39 Å². The molecule has 0 aliphatic carbocycles. The molecule has 0 aromatic heterocycles. The zero-order valence-electron chi connectivity index (χ0n) is 12.2. The Balaban J connectivity index is 1.74. The highest BCUT2D eigenvalue weighted by Crippen LogP contribution is 2.26. The predicted octanol–water partition coefficient (Wildman–Crippen LogP) is 1.32. The number of hydrogen-bond acceptors (Lipinski definition) is 4. The number of ether oxygens (including phenoxy) is 1. The Labute approximate surface area is 134 Å². The molecule has 0 saturated carbocycles. The number of nitrogens with zero attached hydrogens (tertiary/aromatic N) is 2. The largest absolute Gasteiger partial charge is 0.374 e. The number of benzene rings is 1. The number of morpholine rings is 1. The number of sulfonamides is 1. The van der Waals surface area contributed by atoms with Gasteiger partial charge in [-0.2, -0.15) is 4.31 Å². The van der Waals surface area contributed by atoms with Gasteiger partial charge in [0.2, 0.25) is 10.0 Å². The molecule has 0 radical (unpaired) electrons. The average molecular weight is 349 g/mol. The predicted molar refractivity (Wildman–Crippen MR) is 81.8 cm³/mol. The zero-order chi connectivity index (χ0) is 15.9. The fourth-order valence-corrected chi connectivity index (χ4v) is 4.72. The molecule has 122 valence electrons. The van der Waals surface area contributed by atoms with Crippen LogP contribution in [0.2, 0.25) is 5.02 Å². The maximum absolute atomic E-state index is 13.2. The minimum absolute atomic E-state index is 0.0640. The van der Waals surface area contributed by atoms with Crippen LogP contribution in [0.1, 0.15) is 5.56 Å². The number of rotatable bonds is 3. The Morgan fingerprint density at radius 2 is 2.18 bits per heavy atom. The van der Waals surface area contributed by atoms with Crippen molar-refractivity contribution in [3.8, 4) is 0 Å². The highest BCUT2D eigenvalue weighted by atomic mass is 35.5. The van der Waals surface area contributed by atoms with Gasteiger partial charge in [-0.1, -0.05) is 17.7 Å². The molecule has 5 nitrogen and oxygen atoms in total. The summed E-state index contributed by atoms with van der Waals surface area (Å²) in [5.74, 6) is -0.735. The van der Waals surface area contributed by atoms with Crippen molar-refractivity contribution in [2.75, 3.05) is 33.3 Å². The number of halogens is 2. The first-order valence-electron chi connectivity index (χ1n) is 7.10. The van der Waals surface area contributed by atoms with Gasteiger partial charge in [0.05, 0.1) is 29.5 Å². The van der Waals surface area contributed by atoms with E-state index in [1.807, 2.05) is 7.05 Å². The van der Waals surface area contributed by atoms with E-state index in [0.29, 0.717) is 25.3 Å². The normalized spacial score (nSPS) is 27.0. The molecule has 2 aliphatic heterocycles. The van der Waals surface area contributed by atoms with Crippen molar-refractivity contribution in [2.24, 2.45) is 0 Å². The molecule has 1 aromatic rings.